The highest BCUT2D eigenvalue weighted by Crippen LogP contribution is 2.38. The van der Waals surface area contributed by atoms with Gasteiger partial charge in [0.25, 0.3) is 5.91 Å². The molecule has 29 heavy (non-hydrogen) atoms. The van der Waals surface area contributed by atoms with E-state index in [9.17, 15) is 19.2 Å². The molecule has 2 atom stereocenters. The molecule has 1 aromatic rings. The molecule has 1 aromatic heterocycles. The molecule has 0 unspecified atom stereocenters. The molecule has 2 heterocycles. The topological polar surface area (TPSA) is 95.6 Å². The molecule has 0 aromatic carbocycles. The Morgan fingerprint density at radius 2 is 2.00 bits per heavy atom. The minimum atomic E-state index is -0.854. The summed E-state index contributed by atoms with van der Waals surface area (Å²) in [5.74, 6) is -0.553. The number of hydrogen-bond acceptors (Lipinski definition) is 5. The van der Waals surface area contributed by atoms with Crippen LogP contribution in [0, 0.1) is 11.3 Å². The van der Waals surface area contributed by atoms with E-state index in [1.807, 2.05) is 27.7 Å². The van der Waals surface area contributed by atoms with Crippen LogP contribution in [0.4, 0.5) is 4.79 Å². The predicted octanol–water partition coefficient (Wildman–Crippen LogP) is 3.09. The molecule has 1 spiro atoms. The molecule has 2 N–H and O–H groups in total. The van der Waals surface area contributed by atoms with Crippen molar-refractivity contribution in [2.75, 3.05) is 6.54 Å². The highest BCUT2D eigenvalue weighted by Gasteiger charge is 2.55. The summed E-state index contributed by atoms with van der Waals surface area (Å²) in [6.07, 6.45) is 3.46. The zero-order chi connectivity index (χ0) is 21.4. The summed E-state index contributed by atoms with van der Waals surface area (Å²) in [6, 6.07) is 2.99. The molecular formula is C21H29N3O4S. The Balaban J connectivity index is 1.63. The molecule has 0 radical (unpaired) electrons. The van der Waals surface area contributed by atoms with E-state index in [2.05, 4.69) is 10.6 Å². The number of amides is 4. The van der Waals surface area contributed by atoms with Crippen molar-refractivity contribution in [1.29, 1.82) is 0 Å². The van der Waals surface area contributed by atoms with Crippen LogP contribution in [0.1, 0.15) is 67.9 Å². The Bertz CT molecular complexity index is 841. The Kier molecular flexibility index (Phi) is 5.85. The minimum absolute atomic E-state index is 0.0626. The van der Waals surface area contributed by atoms with Gasteiger partial charge in [-0.1, -0.05) is 40.5 Å². The maximum absolute atomic E-state index is 13.0. The lowest BCUT2D eigenvalue weighted by molar-refractivity contribution is -0.134. The summed E-state index contributed by atoms with van der Waals surface area (Å²) >= 11 is 1.27. The maximum atomic E-state index is 13.0. The van der Waals surface area contributed by atoms with Crippen molar-refractivity contribution in [3.63, 3.8) is 0 Å². The highest BCUT2D eigenvalue weighted by atomic mass is 32.1. The van der Waals surface area contributed by atoms with Crippen LogP contribution >= 0.6 is 11.3 Å². The summed E-state index contributed by atoms with van der Waals surface area (Å²) in [5.41, 5.74) is -1.33. The number of ketones is 1. The van der Waals surface area contributed by atoms with Crippen LogP contribution in [0.5, 0.6) is 0 Å². The van der Waals surface area contributed by atoms with Crippen LogP contribution in [0.3, 0.4) is 0 Å². The van der Waals surface area contributed by atoms with Crippen molar-refractivity contribution in [3.8, 4) is 0 Å². The molecule has 158 valence electrons. The van der Waals surface area contributed by atoms with E-state index in [-0.39, 0.29) is 30.1 Å². The average molecular weight is 420 g/mol. The fourth-order valence-corrected chi connectivity index (χ4v) is 4.79. The van der Waals surface area contributed by atoms with Gasteiger partial charge in [0.15, 0.2) is 5.78 Å². The third-order valence-electron chi connectivity index (χ3n) is 5.84. The average Bonchev–Trinajstić information content (AvgIpc) is 3.21. The fourth-order valence-electron chi connectivity index (χ4n) is 3.92. The van der Waals surface area contributed by atoms with Gasteiger partial charge in [0.05, 0.1) is 18.0 Å². The van der Waals surface area contributed by atoms with E-state index in [1.54, 1.807) is 12.1 Å². The van der Waals surface area contributed by atoms with Crippen LogP contribution in [-0.2, 0) is 16.1 Å². The van der Waals surface area contributed by atoms with Gasteiger partial charge < -0.3 is 10.6 Å². The van der Waals surface area contributed by atoms with Crippen molar-refractivity contribution in [1.82, 2.24) is 15.5 Å². The second-order valence-electron chi connectivity index (χ2n) is 9.06. The van der Waals surface area contributed by atoms with Crippen LogP contribution in [0.25, 0.3) is 0 Å². The van der Waals surface area contributed by atoms with Gasteiger partial charge in [-0.25, -0.2) is 4.79 Å². The number of thiophene rings is 1. The first kappa shape index (κ1) is 21.5. The van der Waals surface area contributed by atoms with Crippen LogP contribution in [-0.4, -0.2) is 40.6 Å². The van der Waals surface area contributed by atoms with E-state index in [1.165, 1.54) is 11.3 Å². The number of carbonyl (C=O) groups excluding carboxylic acids is 4. The van der Waals surface area contributed by atoms with Gasteiger partial charge in [-0.3, -0.25) is 19.3 Å². The standard InChI is InChI=1S/C21H29N3O4S/c1-13-7-5-6-10-21(13)18(27)24(19(28)23-21)12-15(25)16-9-8-14(29-16)11-22-17(26)20(2,3)4/h8-9,13H,5-7,10-12H2,1-4H3,(H,22,26)(H,23,28)/t13-,21+/m1/s1. The van der Waals surface area contributed by atoms with E-state index >= 15 is 0 Å². The smallest absolute Gasteiger partial charge is 0.325 e. The van der Waals surface area contributed by atoms with Gasteiger partial charge in [0.1, 0.15) is 5.54 Å². The summed E-state index contributed by atoms with van der Waals surface area (Å²) in [6.45, 7) is 7.59. The van der Waals surface area contributed by atoms with Gasteiger partial charge in [-0.15, -0.1) is 11.3 Å². The van der Waals surface area contributed by atoms with Gasteiger partial charge >= 0.3 is 6.03 Å². The number of rotatable bonds is 5. The zero-order valence-electron chi connectivity index (χ0n) is 17.5. The molecule has 1 saturated heterocycles. The Morgan fingerprint density at radius 1 is 1.28 bits per heavy atom. The molecule has 1 aliphatic heterocycles. The molecule has 2 aliphatic rings. The first-order valence-corrected chi connectivity index (χ1v) is 10.9. The van der Waals surface area contributed by atoms with E-state index in [0.717, 1.165) is 29.0 Å². The second kappa shape index (κ2) is 7.89. The van der Waals surface area contributed by atoms with Crippen molar-refractivity contribution >= 4 is 35.0 Å². The first-order valence-electron chi connectivity index (χ1n) is 10.1. The van der Waals surface area contributed by atoms with Crippen LogP contribution in [0.15, 0.2) is 12.1 Å². The molecule has 1 saturated carbocycles. The van der Waals surface area contributed by atoms with E-state index in [0.29, 0.717) is 17.8 Å². The highest BCUT2D eigenvalue weighted by molar-refractivity contribution is 7.14. The molecule has 2 fully saturated rings. The lowest BCUT2D eigenvalue weighted by atomic mass is 9.73. The Morgan fingerprint density at radius 3 is 2.66 bits per heavy atom. The van der Waals surface area contributed by atoms with E-state index < -0.39 is 17.0 Å². The predicted molar refractivity (Wildman–Crippen MR) is 111 cm³/mol. The number of hydrogen-bond donors (Lipinski definition) is 2. The molecular weight excluding hydrogens is 390 g/mol. The second-order valence-corrected chi connectivity index (χ2v) is 10.2. The third-order valence-corrected chi connectivity index (χ3v) is 6.97. The van der Waals surface area contributed by atoms with Crippen LogP contribution < -0.4 is 10.6 Å². The van der Waals surface area contributed by atoms with Crippen LogP contribution in [0.2, 0.25) is 0 Å². The Labute approximate surface area is 175 Å². The summed E-state index contributed by atoms with van der Waals surface area (Å²) in [5, 5.41) is 5.72. The van der Waals surface area contributed by atoms with Gasteiger partial charge in [-0.05, 0) is 30.9 Å². The third kappa shape index (κ3) is 4.22. The summed E-state index contributed by atoms with van der Waals surface area (Å²) in [4.78, 5) is 52.5. The number of carbonyl (C=O) groups is 4. The Hall–Kier alpha value is -2.22. The zero-order valence-corrected chi connectivity index (χ0v) is 18.3. The minimum Gasteiger partial charge on any atom is -0.351 e. The molecule has 8 heteroatoms. The van der Waals surface area contributed by atoms with Crippen molar-refractivity contribution in [2.24, 2.45) is 11.3 Å². The molecule has 4 amide bonds. The lowest BCUT2D eigenvalue weighted by Gasteiger charge is -2.36. The normalized spacial score (nSPS) is 24.7. The maximum Gasteiger partial charge on any atom is 0.325 e. The van der Waals surface area contributed by atoms with Crippen molar-refractivity contribution < 1.29 is 19.2 Å². The summed E-state index contributed by atoms with van der Waals surface area (Å²) < 4.78 is 0. The molecule has 7 nitrogen and oxygen atoms in total. The number of nitrogens with one attached hydrogen (secondary N) is 2. The SMILES string of the molecule is C[C@@H]1CCCC[C@]12NC(=O)N(CC(=O)c1ccc(CNC(=O)C(C)(C)C)s1)C2=O. The van der Waals surface area contributed by atoms with Crippen molar-refractivity contribution in [2.45, 2.75) is 65.5 Å². The fraction of sp³-hybridized carbons (Fsp3) is 0.619. The summed E-state index contributed by atoms with van der Waals surface area (Å²) in [7, 11) is 0. The molecule has 0 bridgehead atoms. The number of urea groups is 1. The lowest BCUT2D eigenvalue weighted by Crippen LogP contribution is -2.54. The monoisotopic (exact) mass is 419 g/mol. The quantitative estimate of drug-likeness (QED) is 0.566. The van der Waals surface area contributed by atoms with Gasteiger partial charge in [0, 0.05) is 10.3 Å². The number of nitrogens with zero attached hydrogens (tertiary/aromatic N) is 1. The van der Waals surface area contributed by atoms with Crippen molar-refractivity contribution in [3.05, 3.63) is 21.9 Å². The van der Waals surface area contributed by atoms with Gasteiger partial charge in [-0.2, -0.15) is 0 Å². The number of imide groups is 1. The van der Waals surface area contributed by atoms with Gasteiger partial charge in [0.2, 0.25) is 5.91 Å². The number of Topliss-reactive ketones (excluding diaryl/α,β-unsaturated/α-hetero) is 1. The molecule has 3 rings (SSSR count). The first-order chi connectivity index (χ1) is 13.5. The molecule has 1 aliphatic carbocycles. The van der Waals surface area contributed by atoms with E-state index in [4.69, 9.17) is 0 Å². The largest absolute Gasteiger partial charge is 0.351 e.